The Labute approximate surface area is 114 Å². The van der Waals surface area contributed by atoms with Crippen LogP contribution in [-0.4, -0.2) is 24.0 Å². The first-order valence-electron chi connectivity index (χ1n) is 6.14. The first kappa shape index (κ1) is 11.2. The van der Waals surface area contributed by atoms with Crippen LogP contribution in [0, 0.1) is 11.8 Å². The number of rotatable bonds is 1. The van der Waals surface area contributed by atoms with E-state index in [2.05, 4.69) is 0 Å². The maximum absolute atomic E-state index is 12.4. The molecule has 0 saturated carbocycles. The van der Waals surface area contributed by atoms with Crippen molar-refractivity contribution in [3.8, 4) is 0 Å². The lowest BCUT2D eigenvalue weighted by Crippen LogP contribution is -2.34. The van der Waals surface area contributed by atoms with Crippen LogP contribution in [0.15, 0.2) is 36.4 Å². The minimum absolute atomic E-state index is 0.186. The van der Waals surface area contributed by atoms with Crippen LogP contribution >= 0.6 is 11.6 Å². The van der Waals surface area contributed by atoms with Gasteiger partial charge in [-0.15, -0.1) is 0 Å². The quantitative estimate of drug-likeness (QED) is 0.580. The monoisotopic (exact) mass is 275 g/mol. The fraction of sp³-hybridized carbons (Fsp3) is 0.286. The molecule has 0 spiro atoms. The predicted molar refractivity (Wildman–Crippen MR) is 68.7 cm³/mol. The highest BCUT2D eigenvalue weighted by Crippen LogP contribution is 2.46. The Morgan fingerprint density at radius 2 is 1.68 bits per heavy atom. The van der Waals surface area contributed by atoms with E-state index < -0.39 is 0 Å². The lowest BCUT2D eigenvalue weighted by molar-refractivity contribution is -0.124. The number of fused-ring (bicyclic) bond motifs is 5. The molecule has 0 aliphatic carbocycles. The molecule has 2 bridgehead atoms. The Morgan fingerprint density at radius 1 is 1.05 bits per heavy atom. The number of ether oxygens (including phenoxy) is 1. The van der Waals surface area contributed by atoms with Crippen LogP contribution in [0.3, 0.4) is 0 Å². The predicted octanol–water partition coefficient (Wildman–Crippen LogP) is 1.78. The summed E-state index contributed by atoms with van der Waals surface area (Å²) >= 11 is 5.92. The highest BCUT2D eigenvalue weighted by Gasteiger charge is 2.60. The Bertz CT molecular complexity index is 597. The maximum Gasteiger partial charge on any atom is 0.240 e. The first-order valence-corrected chi connectivity index (χ1v) is 6.52. The third-order valence-corrected chi connectivity index (χ3v) is 4.21. The number of nitrogens with zero attached hydrogens (tertiary/aromatic N) is 1. The van der Waals surface area contributed by atoms with E-state index in [1.54, 1.807) is 24.3 Å². The van der Waals surface area contributed by atoms with Crippen molar-refractivity contribution in [3.63, 3.8) is 0 Å². The van der Waals surface area contributed by atoms with Gasteiger partial charge in [0.05, 0.1) is 29.7 Å². The molecule has 3 heterocycles. The SMILES string of the molecule is O=C1[C@@H]2[C@@H](C(=O)N1c1cccc(Cl)c1)[C@H]1C=C[C@H]2O1. The summed E-state index contributed by atoms with van der Waals surface area (Å²) in [5, 5.41) is 0.507. The van der Waals surface area contributed by atoms with E-state index in [0.29, 0.717) is 10.7 Å². The van der Waals surface area contributed by atoms with Crippen LogP contribution in [0.1, 0.15) is 0 Å². The van der Waals surface area contributed by atoms with E-state index in [4.69, 9.17) is 16.3 Å². The number of hydrogen-bond acceptors (Lipinski definition) is 3. The zero-order valence-corrected chi connectivity index (χ0v) is 10.6. The van der Waals surface area contributed by atoms with Gasteiger partial charge in [-0.1, -0.05) is 29.8 Å². The highest BCUT2D eigenvalue weighted by molar-refractivity contribution is 6.31. The van der Waals surface area contributed by atoms with Crippen LogP contribution in [0.5, 0.6) is 0 Å². The maximum atomic E-state index is 12.4. The molecule has 3 aliphatic heterocycles. The third kappa shape index (κ3) is 1.38. The molecule has 0 unspecified atom stereocenters. The number of imide groups is 1. The smallest absolute Gasteiger partial charge is 0.240 e. The van der Waals surface area contributed by atoms with Gasteiger partial charge in [0.2, 0.25) is 11.8 Å². The van der Waals surface area contributed by atoms with Gasteiger partial charge in [-0.2, -0.15) is 0 Å². The fourth-order valence-electron chi connectivity index (χ4n) is 3.17. The van der Waals surface area contributed by atoms with Crippen molar-refractivity contribution in [2.24, 2.45) is 11.8 Å². The van der Waals surface area contributed by atoms with E-state index in [1.165, 1.54) is 4.90 Å². The van der Waals surface area contributed by atoms with Gasteiger partial charge in [0.25, 0.3) is 0 Å². The van der Waals surface area contributed by atoms with Crippen LogP contribution in [0.25, 0.3) is 0 Å². The van der Waals surface area contributed by atoms with Crippen LogP contribution < -0.4 is 4.90 Å². The van der Waals surface area contributed by atoms with E-state index in [-0.39, 0.29) is 35.9 Å². The number of anilines is 1. The van der Waals surface area contributed by atoms with Crippen molar-refractivity contribution >= 4 is 29.1 Å². The van der Waals surface area contributed by atoms with Gasteiger partial charge in [0, 0.05) is 5.02 Å². The molecule has 3 aliphatic rings. The second kappa shape index (κ2) is 3.68. The zero-order chi connectivity index (χ0) is 13.1. The molecule has 2 saturated heterocycles. The van der Waals surface area contributed by atoms with Crippen molar-refractivity contribution in [2.75, 3.05) is 4.90 Å². The van der Waals surface area contributed by atoms with Gasteiger partial charge in [0.15, 0.2) is 0 Å². The minimum atomic E-state index is -0.374. The van der Waals surface area contributed by atoms with Crippen LogP contribution in [0.4, 0.5) is 5.69 Å². The molecule has 5 heteroatoms. The molecular weight excluding hydrogens is 266 g/mol. The van der Waals surface area contributed by atoms with Crippen molar-refractivity contribution in [2.45, 2.75) is 12.2 Å². The Hall–Kier alpha value is -1.65. The summed E-state index contributed by atoms with van der Waals surface area (Å²) in [4.78, 5) is 26.1. The standard InChI is InChI=1S/C14H10ClNO3/c15-7-2-1-3-8(6-7)16-13(17)11-9-4-5-10(19-9)12(11)14(16)18/h1-6,9-12H/t9-,10-,11+,12+/m1/s1. The van der Waals surface area contributed by atoms with Gasteiger partial charge in [-0.3, -0.25) is 9.59 Å². The van der Waals surface area contributed by atoms with E-state index >= 15 is 0 Å². The summed E-state index contributed by atoms with van der Waals surface area (Å²) in [6.45, 7) is 0. The number of amides is 2. The summed E-state index contributed by atoms with van der Waals surface area (Å²) in [5.74, 6) is -1.12. The van der Waals surface area contributed by atoms with Gasteiger partial charge in [-0.25, -0.2) is 4.90 Å². The largest absolute Gasteiger partial charge is 0.365 e. The summed E-state index contributed by atoms with van der Waals surface area (Å²) in [6, 6.07) is 6.80. The zero-order valence-electron chi connectivity index (χ0n) is 9.82. The molecule has 1 aromatic carbocycles. The number of carbonyl (C=O) groups is 2. The van der Waals surface area contributed by atoms with E-state index in [1.807, 2.05) is 12.2 Å². The fourth-order valence-corrected chi connectivity index (χ4v) is 3.36. The number of carbonyl (C=O) groups excluding carboxylic acids is 2. The summed E-state index contributed by atoms with van der Waals surface area (Å²) in [5.41, 5.74) is 0.538. The number of halogens is 1. The Balaban J connectivity index is 1.77. The van der Waals surface area contributed by atoms with Crippen molar-refractivity contribution in [1.82, 2.24) is 0 Å². The average Bonchev–Trinajstić information content (AvgIpc) is 3.04. The Kier molecular flexibility index (Phi) is 2.17. The second-order valence-corrected chi connectivity index (χ2v) is 5.43. The third-order valence-electron chi connectivity index (χ3n) is 3.98. The molecule has 1 aromatic rings. The molecule has 2 amide bonds. The highest BCUT2D eigenvalue weighted by atomic mass is 35.5. The average molecular weight is 276 g/mol. The van der Waals surface area contributed by atoms with E-state index in [0.717, 1.165) is 0 Å². The molecule has 4 atom stereocenters. The normalized spacial score (nSPS) is 35.3. The molecular formula is C14H10ClNO3. The van der Waals surface area contributed by atoms with Crippen molar-refractivity contribution < 1.29 is 14.3 Å². The first-order chi connectivity index (χ1) is 9.16. The molecule has 0 radical (unpaired) electrons. The summed E-state index contributed by atoms with van der Waals surface area (Å²) < 4.78 is 5.58. The lowest BCUT2D eigenvalue weighted by atomic mass is 9.85. The van der Waals surface area contributed by atoms with Crippen molar-refractivity contribution in [1.29, 1.82) is 0 Å². The van der Waals surface area contributed by atoms with E-state index in [9.17, 15) is 9.59 Å². The molecule has 2 fully saturated rings. The van der Waals surface area contributed by atoms with Crippen LogP contribution in [0.2, 0.25) is 5.02 Å². The van der Waals surface area contributed by atoms with Gasteiger partial charge in [0.1, 0.15) is 0 Å². The molecule has 0 N–H and O–H groups in total. The lowest BCUT2D eigenvalue weighted by Gasteiger charge is -2.17. The topological polar surface area (TPSA) is 46.6 Å². The number of hydrogen-bond donors (Lipinski definition) is 0. The summed E-state index contributed by atoms with van der Waals surface area (Å²) in [6.07, 6.45) is 3.24. The van der Waals surface area contributed by atoms with Gasteiger partial charge < -0.3 is 4.74 Å². The molecule has 4 rings (SSSR count). The molecule has 0 aromatic heterocycles. The molecule has 4 nitrogen and oxygen atoms in total. The molecule has 19 heavy (non-hydrogen) atoms. The minimum Gasteiger partial charge on any atom is -0.365 e. The van der Waals surface area contributed by atoms with Gasteiger partial charge in [-0.05, 0) is 18.2 Å². The second-order valence-electron chi connectivity index (χ2n) is 4.99. The summed E-state index contributed by atoms with van der Waals surface area (Å²) in [7, 11) is 0. The van der Waals surface area contributed by atoms with Crippen LogP contribution in [-0.2, 0) is 14.3 Å². The van der Waals surface area contributed by atoms with Crippen molar-refractivity contribution in [3.05, 3.63) is 41.4 Å². The Morgan fingerprint density at radius 3 is 2.26 bits per heavy atom. The number of benzene rings is 1. The molecule has 96 valence electrons. The van der Waals surface area contributed by atoms with Gasteiger partial charge >= 0.3 is 0 Å².